The van der Waals surface area contributed by atoms with Gasteiger partial charge in [0.2, 0.25) is 11.8 Å². The van der Waals surface area contributed by atoms with E-state index in [9.17, 15) is 9.59 Å². The number of carbonyl (C=O) groups is 2. The van der Waals surface area contributed by atoms with E-state index < -0.39 is 0 Å². The molecule has 34 heavy (non-hydrogen) atoms. The predicted octanol–water partition coefficient (Wildman–Crippen LogP) is 4.27. The van der Waals surface area contributed by atoms with Gasteiger partial charge in [-0.25, -0.2) is 4.98 Å². The molecule has 0 fully saturated rings. The summed E-state index contributed by atoms with van der Waals surface area (Å²) in [7, 11) is 3.71. The standard InChI is InChI=1S/C27H28N4O2.ClH/c1-30-18-23-16-20(17-28-27(23)29-25(32)19-30)12-13-26(33)31(2)15-14-22-10-6-7-11-24(22)21-8-4-3-5-9-21;/h3-13,16-17H,14-15,18-19H2,1-2H3,(H,28,29,32);1H/b13-12+;. The first-order valence-corrected chi connectivity index (χ1v) is 11.0. The highest BCUT2D eigenvalue weighted by Gasteiger charge is 2.17. The summed E-state index contributed by atoms with van der Waals surface area (Å²) >= 11 is 0. The minimum absolute atomic E-state index is 0. The molecule has 0 atom stereocenters. The van der Waals surface area contributed by atoms with Crippen LogP contribution in [0.15, 0.2) is 72.9 Å². The molecule has 2 heterocycles. The van der Waals surface area contributed by atoms with Crippen LogP contribution in [-0.4, -0.2) is 53.8 Å². The van der Waals surface area contributed by atoms with Gasteiger partial charge in [-0.3, -0.25) is 14.5 Å². The zero-order valence-electron chi connectivity index (χ0n) is 19.4. The van der Waals surface area contributed by atoms with E-state index in [1.807, 2.05) is 55.4 Å². The second-order valence-electron chi connectivity index (χ2n) is 8.36. The highest BCUT2D eigenvalue weighted by atomic mass is 35.5. The minimum Gasteiger partial charge on any atom is -0.342 e. The molecule has 2 amide bonds. The molecule has 6 nitrogen and oxygen atoms in total. The highest BCUT2D eigenvalue weighted by Crippen LogP contribution is 2.24. The van der Waals surface area contributed by atoms with E-state index in [-0.39, 0.29) is 24.2 Å². The molecule has 2 aromatic carbocycles. The topological polar surface area (TPSA) is 65.5 Å². The van der Waals surface area contributed by atoms with Crippen molar-refractivity contribution < 1.29 is 9.59 Å². The Morgan fingerprint density at radius 3 is 2.65 bits per heavy atom. The van der Waals surface area contributed by atoms with Gasteiger partial charge < -0.3 is 10.2 Å². The number of pyridine rings is 1. The quantitative estimate of drug-likeness (QED) is 0.539. The Morgan fingerprint density at radius 1 is 1.12 bits per heavy atom. The Morgan fingerprint density at radius 2 is 1.85 bits per heavy atom. The summed E-state index contributed by atoms with van der Waals surface area (Å²) in [6, 6.07) is 20.6. The number of rotatable bonds is 6. The lowest BCUT2D eigenvalue weighted by Crippen LogP contribution is -2.27. The van der Waals surface area contributed by atoms with Crippen molar-refractivity contribution in [2.75, 3.05) is 32.5 Å². The Bertz CT molecular complexity index is 1180. The summed E-state index contributed by atoms with van der Waals surface area (Å²) in [6.45, 7) is 1.57. The summed E-state index contributed by atoms with van der Waals surface area (Å²) in [6.07, 6.45) is 5.79. The van der Waals surface area contributed by atoms with Crippen LogP contribution in [0.4, 0.5) is 5.82 Å². The molecule has 7 heteroatoms. The summed E-state index contributed by atoms with van der Waals surface area (Å²) in [5.41, 5.74) is 5.36. The van der Waals surface area contributed by atoms with Gasteiger partial charge in [0.25, 0.3) is 0 Å². The second kappa shape index (κ2) is 11.6. The van der Waals surface area contributed by atoms with E-state index in [1.54, 1.807) is 23.2 Å². The number of nitrogens with one attached hydrogen (secondary N) is 1. The van der Waals surface area contributed by atoms with Crippen molar-refractivity contribution >= 4 is 36.1 Å². The molecule has 0 saturated heterocycles. The van der Waals surface area contributed by atoms with Crippen LogP contribution >= 0.6 is 12.4 Å². The smallest absolute Gasteiger partial charge is 0.246 e. The normalized spacial score (nSPS) is 13.5. The van der Waals surface area contributed by atoms with E-state index >= 15 is 0 Å². The Labute approximate surface area is 206 Å². The Kier molecular flexibility index (Phi) is 8.57. The number of halogens is 1. The van der Waals surface area contributed by atoms with Gasteiger partial charge in [0.05, 0.1) is 6.54 Å². The molecule has 3 aromatic rings. The summed E-state index contributed by atoms with van der Waals surface area (Å²) in [5, 5.41) is 2.82. The number of likely N-dealkylation sites (N-methyl/N-ethyl adjacent to an activating group) is 2. The fraction of sp³-hybridized carbons (Fsp3) is 0.222. The zero-order valence-corrected chi connectivity index (χ0v) is 20.2. The summed E-state index contributed by atoms with van der Waals surface area (Å²) in [4.78, 5) is 32.5. The molecule has 0 spiro atoms. The van der Waals surface area contributed by atoms with Gasteiger partial charge in [-0.1, -0.05) is 54.6 Å². The maximum atomic E-state index is 12.7. The first kappa shape index (κ1) is 25.1. The Balaban J connectivity index is 0.00000324. The average molecular weight is 477 g/mol. The van der Waals surface area contributed by atoms with Crippen molar-refractivity contribution in [3.8, 4) is 11.1 Å². The molecular formula is C27H29ClN4O2. The van der Waals surface area contributed by atoms with Crippen LogP contribution in [-0.2, 0) is 22.6 Å². The molecule has 1 N–H and O–H groups in total. The second-order valence-corrected chi connectivity index (χ2v) is 8.36. The van der Waals surface area contributed by atoms with E-state index in [1.165, 1.54) is 16.7 Å². The average Bonchev–Trinajstić information content (AvgIpc) is 2.97. The maximum Gasteiger partial charge on any atom is 0.246 e. The van der Waals surface area contributed by atoms with Crippen LogP contribution in [0.2, 0.25) is 0 Å². The van der Waals surface area contributed by atoms with Gasteiger partial charge in [-0.2, -0.15) is 0 Å². The summed E-state index contributed by atoms with van der Waals surface area (Å²) in [5.74, 6) is 0.451. The van der Waals surface area contributed by atoms with Crippen molar-refractivity contribution in [3.63, 3.8) is 0 Å². The van der Waals surface area contributed by atoms with Gasteiger partial charge >= 0.3 is 0 Å². The number of carbonyl (C=O) groups excluding carboxylic acids is 2. The van der Waals surface area contributed by atoms with Crippen molar-refractivity contribution in [3.05, 3.63) is 89.6 Å². The first-order chi connectivity index (χ1) is 16.0. The van der Waals surface area contributed by atoms with E-state index in [0.717, 1.165) is 17.5 Å². The Hall–Kier alpha value is -3.48. The van der Waals surface area contributed by atoms with Crippen molar-refractivity contribution in [1.29, 1.82) is 0 Å². The number of benzene rings is 2. The predicted molar refractivity (Wildman–Crippen MR) is 139 cm³/mol. The number of nitrogens with zero attached hydrogens (tertiary/aromatic N) is 3. The SMILES string of the molecule is CN1CC(=O)Nc2ncc(/C=C/C(=O)N(C)CCc3ccccc3-c3ccccc3)cc2C1.Cl. The third kappa shape index (κ3) is 6.31. The zero-order chi connectivity index (χ0) is 23.2. The number of fused-ring (bicyclic) bond motifs is 1. The maximum absolute atomic E-state index is 12.7. The fourth-order valence-electron chi connectivity index (χ4n) is 3.95. The van der Waals surface area contributed by atoms with Crippen molar-refractivity contribution in [1.82, 2.24) is 14.8 Å². The molecular weight excluding hydrogens is 448 g/mol. The van der Waals surface area contributed by atoms with Gasteiger partial charge in [-0.15, -0.1) is 12.4 Å². The van der Waals surface area contributed by atoms with Crippen LogP contribution in [0.3, 0.4) is 0 Å². The third-order valence-electron chi connectivity index (χ3n) is 5.71. The fourth-order valence-corrected chi connectivity index (χ4v) is 3.95. The van der Waals surface area contributed by atoms with Gasteiger partial charge in [0.1, 0.15) is 5.82 Å². The molecule has 0 aliphatic carbocycles. The molecule has 1 aromatic heterocycles. The molecule has 1 aliphatic rings. The number of amides is 2. The van der Waals surface area contributed by atoms with Gasteiger partial charge in [0.15, 0.2) is 0 Å². The monoisotopic (exact) mass is 476 g/mol. The van der Waals surface area contributed by atoms with E-state index in [4.69, 9.17) is 0 Å². The van der Waals surface area contributed by atoms with Crippen molar-refractivity contribution in [2.24, 2.45) is 0 Å². The lowest BCUT2D eigenvalue weighted by Gasteiger charge is -2.17. The lowest BCUT2D eigenvalue weighted by molar-refractivity contribution is -0.124. The summed E-state index contributed by atoms with van der Waals surface area (Å²) < 4.78 is 0. The largest absolute Gasteiger partial charge is 0.342 e. The van der Waals surface area contributed by atoms with Crippen LogP contribution in [0.5, 0.6) is 0 Å². The number of hydrogen-bond acceptors (Lipinski definition) is 4. The first-order valence-electron chi connectivity index (χ1n) is 11.0. The number of anilines is 1. The molecule has 0 unspecified atom stereocenters. The van der Waals surface area contributed by atoms with Crippen molar-refractivity contribution in [2.45, 2.75) is 13.0 Å². The van der Waals surface area contributed by atoms with Crippen LogP contribution in [0.1, 0.15) is 16.7 Å². The molecule has 176 valence electrons. The van der Waals surface area contributed by atoms with E-state index in [2.05, 4.69) is 34.6 Å². The van der Waals surface area contributed by atoms with Crippen LogP contribution in [0, 0.1) is 0 Å². The van der Waals surface area contributed by atoms with Gasteiger partial charge in [0, 0.05) is 38.0 Å². The lowest BCUT2D eigenvalue weighted by atomic mass is 9.97. The number of hydrogen-bond donors (Lipinski definition) is 1. The molecule has 0 saturated carbocycles. The van der Waals surface area contributed by atoms with Crippen LogP contribution in [0.25, 0.3) is 17.2 Å². The molecule has 0 bridgehead atoms. The molecule has 1 aliphatic heterocycles. The van der Waals surface area contributed by atoms with Crippen LogP contribution < -0.4 is 5.32 Å². The van der Waals surface area contributed by atoms with Gasteiger partial charge in [-0.05, 0) is 47.9 Å². The highest BCUT2D eigenvalue weighted by molar-refractivity contribution is 5.93. The molecule has 0 radical (unpaired) electrons. The van der Waals surface area contributed by atoms with E-state index in [0.29, 0.717) is 25.5 Å². The minimum atomic E-state index is -0.0716. The third-order valence-corrected chi connectivity index (χ3v) is 5.71. The molecule has 4 rings (SSSR count). The number of aromatic nitrogens is 1.